The number of rotatable bonds is 0. The van der Waals surface area contributed by atoms with Gasteiger partial charge in [0, 0.05) is 0 Å². The van der Waals surface area contributed by atoms with Crippen LogP contribution in [0.1, 0.15) is 0 Å². The van der Waals surface area contributed by atoms with E-state index in [0.717, 1.165) is 49.0 Å². The molecule has 0 aliphatic heterocycles. The molecular formula is C2H3BF3K. The minimum atomic E-state index is -3.67. The van der Waals surface area contributed by atoms with Gasteiger partial charge in [-0.2, -0.15) is 0 Å². The van der Waals surface area contributed by atoms with E-state index >= 15 is 0 Å². The molecular weight excluding hydrogens is 131 g/mol. The Hall–Kier alpha value is 1.23. The molecule has 0 N–H and O–H groups in total. The second-order valence-electron chi connectivity index (χ2n) is 0.656. The normalized spacial score (nSPS) is 5.86. The maximum absolute atomic E-state index is 9.67. The molecule has 36 valence electrons. The summed E-state index contributed by atoms with van der Waals surface area (Å²) in [6.07, 6.45) is 0. The van der Waals surface area contributed by atoms with E-state index < -0.39 is 7.54 Å². The van der Waals surface area contributed by atoms with E-state index in [1.807, 2.05) is 0.171 Å². The first-order valence-electron chi connectivity index (χ1n) is 1.64. The van der Waals surface area contributed by atoms with Crippen LogP contribution in [-0.4, -0.2) is 56.5 Å². The van der Waals surface area contributed by atoms with Gasteiger partial charge in [0.1, 0.15) is 0 Å². The minimum Gasteiger partial charge on any atom is -0.254 e. The van der Waals surface area contributed by atoms with E-state index in [1.165, 1.54) is 0 Å². The van der Waals surface area contributed by atoms with Crippen molar-refractivity contribution in [3.05, 3.63) is 6.75 Å². The van der Waals surface area contributed by atoms with E-state index in [4.69, 9.17) is 0 Å². The summed E-state index contributed by atoms with van der Waals surface area (Å²) in [6.45, 7) is 3.44. The van der Waals surface area contributed by atoms with Crippen LogP contribution in [0.5, 0.6) is 0 Å². The summed E-state index contributed by atoms with van der Waals surface area (Å²) in [6, 6.07) is 0. The van der Waals surface area contributed by atoms with Crippen molar-refractivity contribution in [2.75, 3.05) is 0 Å². The second-order valence-corrected chi connectivity index (χ2v) is 1.93. The van der Waals surface area contributed by atoms with Crippen molar-refractivity contribution in [2.24, 2.45) is 0 Å². The predicted molar refractivity (Wildman–Crippen MR) is 25.0 cm³/mol. The summed E-state index contributed by atoms with van der Waals surface area (Å²) >= 11 is 0.868. The molecule has 0 saturated heterocycles. The van der Waals surface area contributed by atoms with Crippen LogP contribution in [0.25, 0.3) is 0 Å². The topological polar surface area (TPSA) is 0 Å². The van der Waals surface area contributed by atoms with Crippen molar-refractivity contribution in [1.82, 2.24) is 0 Å². The molecule has 5 heteroatoms. The zero-order valence-electron chi connectivity index (χ0n) is 4.00. The van der Waals surface area contributed by atoms with Crippen LogP contribution in [0.15, 0.2) is 6.75 Å². The average Bonchev–Trinajstić information content (AvgIpc) is 1.33. The van der Waals surface area contributed by atoms with Crippen LogP contribution in [0.3, 0.4) is 0 Å². The minimum absolute atomic E-state index is 0.868. The van der Waals surface area contributed by atoms with Gasteiger partial charge in [0.15, 0.2) is 0 Å². The van der Waals surface area contributed by atoms with Gasteiger partial charge in [-0.15, -0.1) is 0 Å². The van der Waals surface area contributed by atoms with E-state index in [9.17, 15) is 12.9 Å². The van der Waals surface area contributed by atoms with Crippen molar-refractivity contribution in [2.45, 2.75) is 0 Å². The first-order chi connectivity index (χ1) is 3.15. The molecule has 0 bridgehead atoms. The van der Waals surface area contributed by atoms with Gasteiger partial charge < -0.3 is 0 Å². The summed E-state index contributed by atoms with van der Waals surface area (Å²) in [5.41, 5.74) is 0. The smallest absolute Gasteiger partial charge is 0.254 e. The largest absolute Gasteiger partial charge is 0.762 e. The van der Waals surface area contributed by atoms with Gasteiger partial charge in [0.25, 0.3) is 0 Å². The molecule has 0 fully saturated rings. The van der Waals surface area contributed by atoms with Gasteiger partial charge in [0.05, 0.1) is 0 Å². The first-order valence-corrected chi connectivity index (χ1v) is 3.44. The fraction of sp³-hybridized carbons (Fsp3) is 0. The van der Waals surface area contributed by atoms with Crippen LogP contribution < -0.4 is 0 Å². The number of hydrogen-bond donors (Lipinski definition) is 0. The van der Waals surface area contributed by atoms with Crippen molar-refractivity contribution in [3.63, 3.8) is 0 Å². The van der Waals surface area contributed by atoms with Crippen LogP contribution in [0.4, 0.5) is 12.9 Å². The Morgan fingerprint density at radius 2 is 1.43 bits per heavy atom. The maximum Gasteiger partial charge on any atom is 0.762 e. The van der Waals surface area contributed by atoms with Crippen LogP contribution in [0.2, 0.25) is 0 Å². The molecule has 0 aliphatic carbocycles. The number of hydrogen-bond acceptors (Lipinski definition) is 0. The molecule has 0 aromatic heterocycles. The third kappa shape index (κ3) is 131. The summed E-state index contributed by atoms with van der Waals surface area (Å²) in [4.78, 5) is 0. The monoisotopic (exact) mass is 134 g/mol. The Kier molecular flexibility index (Phi) is 16.2. The SMILES string of the molecule is C=[CH][K].FB(F)F. The van der Waals surface area contributed by atoms with E-state index in [1.54, 1.807) is 0 Å². The molecule has 0 aliphatic rings. The quantitative estimate of drug-likeness (QED) is 0.436. The molecule has 0 amide bonds. The third-order valence-electron chi connectivity index (χ3n) is 0. The molecule has 0 saturated carbocycles. The second kappa shape index (κ2) is 10.3. The zero-order chi connectivity index (χ0) is 6.28. The summed E-state index contributed by atoms with van der Waals surface area (Å²) in [7, 11) is -3.67. The number of halogens is 3. The molecule has 0 atom stereocenters. The van der Waals surface area contributed by atoms with Gasteiger partial charge in [-0.25, -0.2) is 0 Å². The third-order valence-corrected chi connectivity index (χ3v) is 0. The van der Waals surface area contributed by atoms with Crippen LogP contribution in [0, 0.1) is 0 Å². The van der Waals surface area contributed by atoms with E-state index in [-0.39, 0.29) is 0 Å². The average molecular weight is 134 g/mol. The Balaban J connectivity index is 0. The van der Waals surface area contributed by atoms with Gasteiger partial charge in [0.2, 0.25) is 0 Å². The predicted octanol–water partition coefficient (Wildman–Crippen LogP) is 1.18. The van der Waals surface area contributed by atoms with Crippen LogP contribution in [-0.2, 0) is 0 Å². The molecule has 0 aromatic carbocycles. The molecule has 0 nitrogen and oxygen atoms in total. The molecule has 0 radical (unpaired) electrons. The van der Waals surface area contributed by atoms with Crippen LogP contribution >= 0.6 is 0 Å². The zero-order valence-corrected chi connectivity index (χ0v) is 7.12. The van der Waals surface area contributed by atoms with Gasteiger partial charge in [-0.3, -0.25) is 12.9 Å². The van der Waals surface area contributed by atoms with Gasteiger partial charge in [-0.1, -0.05) is 0 Å². The fourth-order valence-corrected chi connectivity index (χ4v) is 0. The fourth-order valence-electron chi connectivity index (χ4n) is 0. The van der Waals surface area contributed by atoms with Crippen molar-refractivity contribution < 1.29 is 12.9 Å². The molecule has 0 heterocycles. The van der Waals surface area contributed by atoms with Crippen molar-refractivity contribution >= 4 is 56.5 Å². The van der Waals surface area contributed by atoms with Gasteiger partial charge in [-0.05, 0) is 0 Å². The Morgan fingerprint density at radius 1 is 1.43 bits per heavy atom. The summed E-state index contributed by atoms with van der Waals surface area (Å²) < 4.78 is 30.9. The first kappa shape index (κ1) is 11.1. The molecule has 0 rings (SSSR count). The van der Waals surface area contributed by atoms with E-state index in [0.29, 0.717) is 0 Å². The Morgan fingerprint density at radius 3 is 1.43 bits per heavy atom. The van der Waals surface area contributed by atoms with E-state index in [2.05, 4.69) is 6.58 Å². The van der Waals surface area contributed by atoms with Gasteiger partial charge >= 0.3 is 63.2 Å². The molecule has 7 heavy (non-hydrogen) atoms. The Bertz CT molecular complexity index is 37.2. The Labute approximate surface area is 75.0 Å². The standard InChI is InChI=1S/C2H3.BF3.K/c1-2;2-1(3)4;/h1H,2H2;;. The maximum atomic E-state index is 9.67. The molecule has 0 unspecified atom stereocenters. The molecule has 0 spiro atoms. The van der Waals surface area contributed by atoms with Crippen molar-refractivity contribution in [1.29, 1.82) is 0 Å². The summed E-state index contributed by atoms with van der Waals surface area (Å²) in [5.74, 6) is 0. The van der Waals surface area contributed by atoms with Crippen molar-refractivity contribution in [3.8, 4) is 0 Å². The molecule has 0 aromatic rings. The summed E-state index contributed by atoms with van der Waals surface area (Å²) in [5, 5.41) is 0.